The average Bonchev–Trinajstić information content (AvgIpc) is 2.47. The van der Waals surface area contributed by atoms with Crippen LogP contribution in [0.2, 0.25) is 0 Å². The van der Waals surface area contributed by atoms with Crippen LogP contribution in [0.15, 0.2) is 11.4 Å². The van der Waals surface area contributed by atoms with Crippen LogP contribution in [-0.4, -0.2) is 5.11 Å². The van der Waals surface area contributed by atoms with E-state index in [1.165, 1.54) is 5.56 Å². The molecule has 1 aromatic rings. The lowest BCUT2D eigenvalue weighted by Crippen LogP contribution is -2.23. The Morgan fingerprint density at radius 2 is 1.80 bits per heavy atom. The summed E-state index contributed by atoms with van der Waals surface area (Å²) in [6, 6.07) is 2.07. The molecule has 0 spiro atoms. The third kappa shape index (κ3) is 3.62. The molecule has 1 heterocycles. The van der Waals surface area contributed by atoms with Crippen molar-refractivity contribution in [1.29, 1.82) is 0 Å². The fourth-order valence-corrected chi connectivity index (χ4v) is 2.67. The molecule has 0 saturated heterocycles. The number of rotatable bonds is 3. The summed E-state index contributed by atoms with van der Waals surface area (Å²) in [6.45, 7) is 10.6. The van der Waals surface area contributed by atoms with E-state index in [1.807, 2.05) is 6.92 Å². The van der Waals surface area contributed by atoms with Crippen LogP contribution in [-0.2, 0) is 5.60 Å². The maximum absolute atomic E-state index is 10.4. The van der Waals surface area contributed by atoms with E-state index < -0.39 is 5.60 Å². The highest BCUT2D eigenvalue weighted by molar-refractivity contribution is 7.10. The van der Waals surface area contributed by atoms with Crippen LogP contribution < -0.4 is 0 Å². The maximum Gasteiger partial charge on any atom is 0.0962 e. The van der Waals surface area contributed by atoms with Gasteiger partial charge in [0.05, 0.1) is 5.60 Å². The van der Waals surface area contributed by atoms with Crippen molar-refractivity contribution in [2.45, 2.75) is 53.1 Å². The Morgan fingerprint density at radius 3 is 2.20 bits per heavy atom. The smallest absolute Gasteiger partial charge is 0.0962 e. The predicted molar refractivity (Wildman–Crippen MR) is 67.3 cm³/mol. The topological polar surface area (TPSA) is 20.2 Å². The van der Waals surface area contributed by atoms with E-state index in [0.29, 0.717) is 0 Å². The van der Waals surface area contributed by atoms with E-state index >= 15 is 0 Å². The normalized spacial score (nSPS) is 16.4. The first-order valence-corrected chi connectivity index (χ1v) is 6.37. The fourth-order valence-electron chi connectivity index (χ4n) is 1.66. The Bertz CT molecular complexity index is 318. The van der Waals surface area contributed by atoms with Gasteiger partial charge in [-0.1, -0.05) is 20.8 Å². The van der Waals surface area contributed by atoms with Gasteiger partial charge in [0.2, 0.25) is 0 Å². The lowest BCUT2D eigenvalue weighted by Gasteiger charge is -2.27. The van der Waals surface area contributed by atoms with Crippen LogP contribution in [0.3, 0.4) is 0 Å². The van der Waals surface area contributed by atoms with Gasteiger partial charge in [-0.15, -0.1) is 11.3 Å². The summed E-state index contributed by atoms with van der Waals surface area (Å²) in [6.07, 6.45) is 1.87. The second kappa shape index (κ2) is 4.26. The first kappa shape index (κ1) is 12.7. The van der Waals surface area contributed by atoms with Crippen LogP contribution in [0, 0.1) is 12.3 Å². The lowest BCUT2D eigenvalue weighted by molar-refractivity contribution is 0.0389. The minimum absolute atomic E-state index is 0.287. The van der Waals surface area contributed by atoms with Crippen LogP contribution in [0.1, 0.15) is 51.0 Å². The highest BCUT2D eigenvalue weighted by Crippen LogP contribution is 2.35. The third-order valence-electron chi connectivity index (χ3n) is 2.71. The molecule has 1 N–H and O–H groups in total. The SMILES string of the molecule is Cc1ccsc1C(C)(O)CCC(C)(C)C. The van der Waals surface area contributed by atoms with Gasteiger partial charge in [0, 0.05) is 4.88 Å². The van der Waals surface area contributed by atoms with E-state index in [0.717, 1.165) is 17.7 Å². The van der Waals surface area contributed by atoms with Crippen molar-refractivity contribution in [3.05, 3.63) is 21.9 Å². The quantitative estimate of drug-likeness (QED) is 0.823. The molecule has 2 heteroatoms. The molecule has 0 bridgehead atoms. The maximum atomic E-state index is 10.4. The molecule has 15 heavy (non-hydrogen) atoms. The molecule has 86 valence electrons. The molecule has 0 radical (unpaired) electrons. The lowest BCUT2D eigenvalue weighted by atomic mass is 9.84. The van der Waals surface area contributed by atoms with Crippen molar-refractivity contribution in [1.82, 2.24) is 0 Å². The van der Waals surface area contributed by atoms with Gasteiger partial charge < -0.3 is 5.11 Å². The summed E-state index contributed by atoms with van der Waals surface area (Å²) < 4.78 is 0. The molecule has 1 nitrogen and oxygen atoms in total. The molecule has 1 unspecified atom stereocenters. The molecule has 0 aliphatic carbocycles. The number of hydrogen-bond donors (Lipinski definition) is 1. The van der Waals surface area contributed by atoms with Gasteiger partial charge in [-0.25, -0.2) is 0 Å². The monoisotopic (exact) mass is 226 g/mol. The van der Waals surface area contributed by atoms with E-state index in [2.05, 4.69) is 39.1 Å². The van der Waals surface area contributed by atoms with E-state index in [1.54, 1.807) is 11.3 Å². The highest BCUT2D eigenvalue weighted by Gasteiger charge is 2.27. The zero-order valence-electron chi connectivity index (χ0n) is 10.4. The van der Waals surface area contributed by atoms with Gasteiger partial charge in [0.15, 0.2) is 0 Å². The highest BCUT2D eigenvalue weighted by atomic mass is 32.1. The molecule has 1 aromatic heterocycles. The first-order valence-electron chi connectivity index (χ1n) is 5.49. The summed E-state index contributed by atoms with van der Waals surface area (Å²) in [5, 5.41) is 12.5. The minimum Gasteiger partial charge on any atom is -0.385 e. The number of aliphatic hydroxyl groups is 1. The van der Waals surface area contributed by atoms with Crippen molar-refractivity contribution in [2.75, 3.05) is 0 Å². The molecule has 0 aromatic carbocycles. The molecule has 0 aliphatic rings. The largest absolute Gasteiger partial charge is 0.385 e. The second-order valence-electron chi connectivity index (χ2n) is 5.77. The van der Waals surface area contributed by atoms with Crippen molar-refractivity contribution in [3.8, 4) is 0 Å². The van der Waals surface area contributed by atoms with Gasteiger partial charge in [0.25, 0.3) is 0 Å². The summed E-state index contributed by atoms with van der Waals surface area (Å²) in [5.41, 5.74) is 0.833. The molecular weight excluding hydrogens is 204 g/mol. The second-order valence-corrected chi connectivity index (χ2v) is 6.68. The van der Waals surface area contributed by atoms with Gasteiger partial charge in [-0.2, -0.15) is 0 Å². The predicted octanol–water partition coefficient (Wildman–Crippen LogP) is 4.09. The van der Waals surface area contributed by atoms with Crippen molar-refractivity contribution in [2.24, 2.45) is 5.41 Å². The Hall–Kier alpha value is -0.340. The van der Waals surface area contributed by atoms with Gasteiger partial charge in [-0.05, 0) is 49.1 Å². The zero-order valence-corrected chi connectivity index (χ0v) is 11.2. The van der Waals surface area contributed by atoms with E-state index in [4.69, 9.17) is 0 Å². The molecule has 1 rings (SSSR count). The van der Waals surface area contributed by atoms with Gasteiger partial charge in [-0.3, -0.25) is 0 Å². The van der Waals surface area contributed by atoms with Gasteiger partial charge in [0.1, 0.15) is 0 Å². The van der Waals surface area contributed by atoms with Crippen LogP contribution in [0.25, 0.3) is 0 Å². The van der Waals surface area contributed by atoms with Crippen molar-refractivity contribution >= 4 is 11.3 Å². The average molecular weight is 226 g/mol. The van der Waals surface area contributed by atoms with E-state index in [9.17, 15) is 5.11 Å². The fraction of sp³-hybridized carbons (Fsp3) is 0.692. The van der Waals surface area contributed by atoms with Crippen LogP contribution >= 0.6 is 11.3 Å². The Kier molecular flexibility index (Phi) is 3.62. The Labute approximate surface area is 97.2 Å². The Morgan fingerprint density at radius 1 is 1.20 bits per heavy atom. The standard InChI is InChI=1S/C13H22OS/c1-10-6-9-15-11(10)13(5,14)8-7-12(2,3)4/h6,9,14H,7-8H2,1-5H3. The number of thiophene rings is 1. The minimum atomic E-state index is -0.661. The summed E-state index contributed by atoms with van der Waals surface area (Å²) in [7, 11) is 0. The van der Waals surface area contributed by atoms with Crippen LogP contribution in [0.5, 0.6) is 0 Å². The molecular formula is C13H22OS. The summed E-state index contributed by atoms with van der Waals surface area (Å²) in [5.74, 6) is 0. The van der Waals surface area contributed by atoms with E-state index in [-0.39, 0.29) is 5.41 Å². The van der Waals surface area contributed by atoms with Crippen molar-refractivity contribution in [3.63, 3.8) is 0 Å². The molecule has 0 fully saturated rings. The molecule has 0 amide bonds. The number of hydrogen-bond acceptors (Lipinski definition) is 2. The van der Waals surface area contributed by atoms with Gasteiger partial charge >= 0.3 is 0 Å². The Balaban J connectivity index is 2.72. The summed E-state index contributed by atoms with van der Waals surface area (Å²) >= 11 is 1.66. The molecule has 0 saturated carbocycles. The summed E-state index contributed by atoms with van der Waals surface area (Å²) in [4.78, 5) is 1.12. The van der Waals surface area contributed by atoms with Crippen molar-refractivity contribution < 1.29 is 5.11 Å². The third-order valence-corrected chi connectivity index (χ3v) is 3.98. The first-order chi connectivity index (χ1) is 6.72. The molecule has 1 atom stereocenters. The zero-order chi connectivity index (χ0) is 11.7. The number of aryl methyl sites for hydroxylation is 1. The molecule has 0 aliphatic heterocycles. The van der Waals surface area contributed by atoms with Crippen LogP contribution in [0.4, 0.5) is 0 Å².